The van der Waals surface area contributed by atoms with Gasteiger partial charge in [-0.15, -0.1) is 0 Å². The molecular formula is C31H38F2N2O9. The Morgan fingerprint density at radius 3 is 2.07 bits per heavy atom. The van der Waals surface area contributed by atoms with Crippen molar-refractivity contribution in [1.29, 1.82) is 0 Å². The van der Waals surface area contributed by atoms with E-state index in [1.807, 2.05) is 48.5 Å². The van der Waals surface area contributed by atoms with Gasteiger partial charge in [-0.1, -0.05) is 48.5 Å². The third-order valence-electron chi connectivity index (χ3n) is 7.35. The molecule has 0 saturated carbocycles. The molecule has 2 aromatic carbocycles. The number of hydrogen-bond donors (Lipinski definition) is 4. The topological polar surface area (TPSA) is 153 Å². The average molecular weight is 621 g/mol. The minimum atomic E-state index is -3.21. The summed E-state index contributed by atoms with van der Waals surface area (Å²) in [6.45, 7) is 7.25. The van der Waals surface area contributed by atoms with E-state index < -0.39 is 72.8 Å². The lowest BCUT2D eigenvalue weighted by molar-refractivity contribution is -0.296. The number of ether oxygens (including phenoxy) is 4. The summed E-state index contributed by atoms with van der Waals surface area (Å²) < 4.78 is 49.2. The van der Waals surface area contributed by atoms with Gasteiger partial charge in [0.05, 0.1) is 6.10 Å². The van der Waals surface area contributed by atoms with Crippen molar-refractivity contribution in [3.8, 4) is 11.1 Å². The van der Waals surface area contributed by atoms with Gasteiger partial charge in [0.2, 0.25) is 5.91 Å². The normalized spacial score (nSPS) is 24.5. The molecule has 11 nitrogen and oxygen atoms in total. The number of alkyl carbamates (subject to hydrolysis) is 1. The maximum absolute atomic E-state index is 13.6. The molecule has 0 spiro atoms. The van der Waals surface area contributed by atoms with E-state index in [9.17, 15) is 33.4 Å². The highest BCUT2D eigenvalue weighted by atomic mass is 19.3. The number of aliphatic hydroxyl groups is 2. The molecule has 7 atom stereocenters. The summed E-state index contributed by atoms with van der Waals surface area (Å²) in [5.41, 5.74) is 3.05. The highest BCUT2D eigenvalue weighted by Gasteiger charge is 2.50. The van der Waals surface area contributed by atoms with E-state index >= 15 is 0 Å². The van der Waals surface area contributed by atoms with Crippen LogP contribution in [0.4, 0.5) is 13.6 Å². The summed E-state index contributed by atoms with van der Waals surface area (Å²) in [7, 11) is 0. The van der Waals surface area contributed by atoms with E-state index in [2.05, 4.69) is 10.6 Å². The van der Waals surface area contributed by atoms with Crippen molar-refractivity contribution in [1.82, 2.24) is 10.6 Å². The standard InChI is InChI=1S/C31H38F2N2O9/c1-15(42-29-23(34-16(2)36)24(37)25(38)26(43-29)27(32)33)22(28(39)44-31(3,4)5)35-30(40)41-14-21-19-12-8-6-10-17(19)18-11-7-9-13-20(18)21/h6-13,15,21-27,29,37-38H,14H2,1-5H3,(H,34,36)(H,35,40)/t15-,22+,23-,24-,25-,26+,29+/m1/s1. The molecular weight excluding hydrogens is 582 g/mol. The van der Waals surface area contributed by atoms with Gasteiger partial charge in [0.25, 0.3) is 6.43 Å². The third-order valence-corrected chi connectivity index (χ3v) is 7.35. The van der Waals surface area contributed by atoms with Crippen molar-refractivity contribution in [2.45, 2.75) is 95.4 Å². The average Bonchev–Trinajstić information content (AvgIpc) is 3.26. The molecule has 1 aliphatic carbocycles. The first-order valence-corrected chi connectivity index (χ1v) is 14.2. The van der Waals surface area contributed by atoms with Crippen LogP contribution < -0.4 is 10.6 Å². The number of benzene rings is 2. The van der Waals surface area contributed by atoms with E-state index in [1.165, 1.54) is 6.92 Å². The third kappa shape index (κ3) is 7.52. The monoisotopic (exact) mass is 620 g/mol. The van der Waals surface area contributed by atoms with Crippen LogP contribution in [0.3, 0.4) is 0 Å². The second-order valence-corrected chi connectivity index (χ2v) is 11.8. The van der Waals surface area contributed by atoms with E-state index in [0.717, 1.165) is 29.2 Å². The molecule has 1 heterocycles. The number of hydrogen-bond acceptors (Lipinski definition) is 9. The number of aliphatic hydroxyl groups excluding tert-OH is 2. The number of esters is 1. The van der Waals surface area contributed by atoms with Crippen molar-refractivity contribution in [2.75, 3.05) is 6.61 Å². The number of nitrogens with one attached hydrogen (secondary N) is 2. The number of amides is 2. The van der Waals surface area contributed by atoms with Gasteiger partial charge in [0.1, 0.15) is 36.6 Å². The van der Waals surface area contributed by atoms with Crippen LogP contribution in [0.5, 0.6) is 0 Å². The Balaban J connectivity index is 1.51. The van der Waals surface area contributed by atoms with Crippen LogP contribution >= 0.6 is 0 Å². The van der Waals surface area contributed by atoms with Gasteiger partial charge >= 0.3 is 12.1 Å². The van der Waals surface area contributed by atoms with Crippen molar-refractivity contribution in [3.63, 3.8) is 0 Å². The predicted molar refractivity (Wildman–Crippen MR) is 153 cm³/mol. The fraction of sp³-hybridized carbons (Fsp3) is 0.516. The van der Waals surface area contributed by atoms with Crippen LogP contribution in [-0.4, -0.2) is 89.6 Å². The van der Waals surface area contributed by atoms with Gasteiger partial charge in [-0.3, -0.25) is 4.79 Å². The second kappa shape index (κ2) is 13.6. The highest BCUT2D eigenvalue weighted by molar-refractivity contribution is 5.83. The minimum Gasteiger partial charge on any atom is -0.458 e. The largest absolute Gasteiger partial charge is 0.458 e. The van der Waals surface area contributed by atoms with Gasteiger partial charge in [-0.2, -0.15) is 0 Å². The molecule has 13 heteroatoms. The molecule has 2 aromatic rings. The number of fused-ring (bicyclic) bond motifs is 3. The number of rotatable bonds is 9. The highest BCUT2D eigenvalue weighted by Crippen LogP contribution is 2.44. The Morgan fingerprint density at radius 1 is 0.977 bits per heavy atom. The first-order valence-electron chi connectivity index (χ1n) is 14.2. The Morgan fingerprint density at radius 2 is 1.55 bits per heavy atom. The molecule has 4 rings (SSSR count). The van der Waals surface area contributed by atoms with Gasteiger partial charge in [-0.25, -0.2) is 18.4 Å². The zero-order chi connectivity index (χ0) is 32.3. The molecule has 1 saturated heterocycles. The van der Waals surface area contributed by atoms with Gasteiger partial charge in [0.15, 0.2) is 12.3 Å². The predicted octanol–water partition coefficient (Wildman–Crippen LogP) is 2.86. The molecule has 1 fully saturated rings. The summed E-state index contributed by atoms with van der Waals surface area (Å²) in [6.07, 6.45) is -13.3. The SMILES string of the molecule is CC(=O)N[C@H]1[C@@H](O[C@H](C)[C@H](NC(=O)OCC2c3ccccc3-c3ccccc32)C(=O)OC(C)(C)C)O[C@H](C(F)F)[C@H](O)[C@@H]1O. The van der Waals surface area contributed by atoms with E-state index in [1.54, 1.807) is 20.8 Å². The number of carbonyl (C=O) groups excluding carboxylic acids is 3. The summed E-state index contributed by atoms with van der Waals surface area (Å²) >= 11 is 0. The number of alkyl halides is 2. The lowest BCUT2D eigenvalue weighted by Crippen LogP contribution is -2.66. The van der Waals surface area contributed by atoms with Crippen LogP contribution in [-0.2, 0) is 28.5 Å². The van der Waals surface area contributed by atoms with Gasteiger partial charge in [-0.05, 0) is 49.9 Å². The lowest BCUT2D eigenvalue weighted by atomic mass is 9.96. The Labute approximate surface area is 253 Å². The zero-order valence-corrected chi connectivity index (χ0v) is 25.0. The van der Waals surface area contributed by atoms with Crippen molar-refractivity contribution in [3.05, 3.63) is 59.7 Å². The molecule has 0 radical (unpaired) electrons. The fourth-order valence-electron chi connectivity index (χ4n) is 5.39. The molecule has 44 heavy (non-hydrogen) atoms. The molecule has 4 N–H and O–H groups in total. The molecule has 1 aliphatic heterocycles. The summed E-state index contributed by atoms with van der Waals surface area (Å²) in [6, 6.07) is 12.5. The van der Waals surface area contributed by atoms with E-state index in [0.29, 0.717) is 0 Å². The van der Waals surface area contributed by atoms with Crippen molar-refractivity contribution >= 4 is 18.0 Å². The number of halogens is 2. The Bertz CT molecular complexity index is 1310. The smallest absolute Gasteiger partial charge is 0.407 e. The molecule has 240 valence electrons. The fourth-order valence-corrected chi connectivity index (χ4v) is 5.39. The first kappa shape index (κ1) is 33.2. The second-order valence-electron chi connectivity index (χ2n) is 11.8. The molecule has 0 aromatic heterocycles. The Hall–Kier alpha value is -3.65. The van der Waals surface area contributed by atoms with Crippen LogP contribution in [0.1, 0.15) is 51.7 Å². The summed E-state index contributed by atoms with van der Waals surface area (Å²) in [5, 5.41) is 25.4. The molecule has 0 unspecified atom stereocenters. The zero-order valence-electron chi connectivity index (χ0n) is 25.0. The first-order chi connectivity index (χ1) is 20.7. The Kier molecular flexibility index (Phi) is 10.2. The summed E-state index contributed by atoms with van der Waals surface area (Å²) in [5.74, 6) is -1.84. The molecule has 0 bridgehead atoms. The molecule has 2 aliphatic rings. The van der Waals surface area contributed by atoms with Crippen LogP contribution in [0.15, 0.2) is 48.5 Å². The van der Waals surface area contributed by atoms with Crippen LogP contribution in [0, 0.1) is 0 Å². The van der Waals surface area contributed by atoms with Crippen LogP contribution in [0.25, 0.3) is 11.1 Å². The van der Waals surface area contributed by atoms with Gasteiger partial charge < -0.3 is 39.8 Å². The minimum absolute atomic E-state index is 0.0490. The van der Waals surface area contributed by atoms with E-state index in [-0.39, 0.29) is 12.5 Å². The van der Waals surface area contributed by atoms with Gasteiger partial charge in [0, 0.05) is 12.8 Å². The summed E-state index contributed by atoms with van der Waals surface area (Å²) in [4.78, 5) is 38.1. The lowest BCUT2D eigenvalue weighted by Gasteiger charge is -2.43. The van der Waals surface area contributed by atoms with Crippen LogP contribution in [0.2, 0.25) is 0 Å². The van der Waals surface area contributed by atoms with E-state index in [4.69, 9.17) is 18.9 Å². The molecule has 2 amide bonds. The maximum Gasteiger partial charge on any atom is 0.407 e. The maximum atomic E-state index is 13.6. The van der Waals surface area contributed by atoms with Crippen molar-refractivity contribution in [2.24, 2.45) is 0 Å². The number of carbonyl (C=O) groups is 3. The quantitative estimate of drug-likeness (QED) is 0.310. The van der Waals surface area contributed by atoms with Crippen molar-refractivity contribution < 1.29 is 52.3 Å².